The van der Waals surface area contributed by atoms with Crippen molar-refractivity contribution in [3.63, 3.8) is 0 Å². The Bertz CT molecular complexity index is 1090. The summed E-state index contributed by atoms with van der Waals surface area (Å²) in [7, 11) is 0. The molecule has 152 valence electrons. The summed E-state index contributed by atoms with van der Waals surface area (Å²) >= 11 is 1.31. The number of carbonyl (C=O) groups excluding carboxylic acids is 1. The maximum Gasteiger partial charge on any atom is 0.262 e. The zero-order chi connectivity index (χ0) is 20.4. The van der Waals surface area contributed by atoms with Crippen LogP contribution in [0.15, 0.2) is 35.1 Å². The highest BCUT2D eigenvalue weighted by molar-refractivity contribution is 7.20. The van der Waals surface area contributed by atoms with Gasteiger partial charge in [0.05, 0.1) is 16.4 Å². The van der Waals surface area contributed by atoms with E-state index in [1.54, 1.807) is 4.57 Å². The first kappa shape index (κ1) is 19.8. The van der Waals surface area contributed by atoms with Crippen molar-refractivity contribution in [2.75, 3.05) is 13.2 Å². The van der Waals surface area contributed by atoms with Crippen molar-refractivity contribution in [1.29, 1.82) is 0 Å². The highest BCUT2D eigenvalue weighted by Crippen LogP contribution is 2.28. The van der Waals surface area contributed by atoms with E-state index in [1.165, 1.54) is 11.3 Å². The van der Waals surface area contributed by atoms with Crippen LogP contribution in [0.4, 0.5) is 0 Å². The number of thiophene rings is 1. The quantitative estimate of drug-likeness (QED) is 0.603. The molecule has 1 atom stereocenters. The Balaban J connectivity index is 1.34. The van der Waals surface area contributed by atoms with Crippen molar-refractivity contribution in [2.24, 2.45) is 0 Å². The van der Waals surface area contributed by atoms with Crippen LogP contribution in [0.25, 0.3) is 10.2 Å². The fraction of sp³-hybridized carbons (Fsp3) is 0.409. The minimum atomic E-state index is -0.147. The van der Waals surface area contributed by atoms with Crippen molar-refractivity contribution in [3.8, 4) is 0 Å². The average molecular weight is 412 g/mol. The molecule has 7 heteroatoms. The first-order valence-electron chi connectivity index (χ1n) is 10.0. The summed E-state index contributed by atoms with van der Waals surface area (Å²) in [6.45, 7) is 5.67. The van der Waals surface area contributed by atoms with Crippen LogP contribution < -0.4 is 10.9 Å². The summed E-state index contributed by atoms with van der Waals surface area (Å²) in [6, 6.07) is 10.1. The smallest absolute Gasteiger partial charge is 0.262 e. The molecule has 0 spiro atoms. The highest BCUT2D eigenvalue weighted by Gasteiger charge is 2.23. The van der Waals surface area contributed by atoms with Crippen LogP contribution in [0.1, 0.15) is 52.5 Å². The van der Waals surface area contributed by atoms with E-state index < -0.39 is 0 Å². The number of ether oxygens (including phenoxy) is 1. The average Bonchev–Trinajstić information content (AvgIpc) is 3.33. The van der Waals surface area contributed by atoms with Gasteiger partial charge in [0.15, 0.2) is 0 Å². The van der Waals surface area contributed by atoms with E-state index in [-0.39, 0.29) is 17.6 Å². The van der Waals surface area contributed by atoms with Crippen LogP contribution in [-0.2, 0) is 17.7 Å². The number of benzene rings is 1. The van der Waals surface area contributed by atoms with Gasteiger partial charge in [0, 0.05) is 26.1 Å². The van der Waals surface area contributed by atoms with E-state index in [1.807, 2.05) is 44.2 Å². The van der Waals surface area contributed by atoms with Gasteiger partial charge in [-0.05, 0) is 37.8 Å². The molecule has 1 N–H and O–H groups in total. The van der Waals surface area contributed by atoms with Crippen LogP contribution in [0.5, 0.6) is 0 Å². The SMILES string of the molecule is Cc1c(C(=O)NCCCOC(C)c2ccccc2)sc2nc3n(c(=O)c12)CCC3. The minimum Gasteiger partial charge on any atom is -0.374 e. The molecule has 3 aromatic rings. The van der Waals surface area contributed by atoms with Crippen molar-refractivity contribution in [1.82, 2.24) is 14.9 Å². The van der Waals surface area contributed by atoms with Crippen LogP contribution >= 0.6 is 11.3 Å². The second kappa shape index (κ2) is 8.47. The predicted molar refractivity (Wildman–Crippen MR) is 115 cm³/mol. The summed E-state index contributed by atoms with van der Waals surface area (Å²) in [5.74, 6) is 0.687. The Hall–Kier alpha value is -2.51. The number of aromatic nitrogens is 2. The molecule has 1 aliphatic heterocycles. The third-order valence-corrected chi connectivity index (χ3v) is 6.55. The van der Waals surface area contributed by atoms with Gasteiger partial charge in [0.1, 0.15) is 10.7 Å². The molecule has 1 amide bonds. The normalized spacial score (nSPS) is 14.1. The lowest BCUT2D eigenvalue weighted by atomic mass is 10.1. The van der Waals surface area contributed by atoms with Crippen molar-refractivity contribution >= 4 is 27.5 Å². The zero-order valence-electron chi connectivity index (χ0n) is 16.7. The fourth-order valence-electron chi connectivity index (χ4n) is 3.73. The number of hydrogen-bond acceptors (Lipinski definition) is 5. The lowest BCUT2D eigenvalue weighted by Crippen LogP contribution is -2.25. The Morgan fingerprint density at radius 2 is 2.14 bits per heavy atom. The number of amides is 1. The lowest BCUT2D eigenvalue weighted by molar-refractivity contribution is 0.0635. The van der Waals surface area contributed by atoms with Gasteiger partial charge < -0.3 is 10.1 Å². The largest absolute Gasteiger partial charge is 0.374 e. The molecule has 4 rings (SSSR count). The second-order valence-electron chi connectivity index (χ2n) is 7.36. The van der Waals surface area contributed by atoms with Gasteiger partial charge in [-0.25, -0.2) is 4.98 Å². The second-order valence-corrected chi connectivity index (χ2v) is 8.36. The van der Waals surface area contributed by atoms with Crippen molar-refractivity contribution in [3.05, 3.63) is 62.5 Å². The van der Waals surface area contributed by atoms with Gasteiger partial charge in [-0.1, -0.05) is 30.3 Å². The van der Waals surface area contributed by atoms with Crippen LogP contribution in [0.3, 0.4) is 0 Å². The number of hydrogen-bond donors (Lipinski definition) is 1. The Morgan fingerprint density at radius 3 is 2.93 bits per heavy atom. The monoisotopic (exact) mass is 411 g/mol. The van der Waals surface area contributed by atoms with Crippen LogP contribution in [-0.4, -0.2) is 28.6 Å². The molecule has 3 heterocycles. The highest BCUT2D eigenvalue weighted by atomic mass is 32.1. The first-order valence-corrected chi connectivity index (χ1v) is 10.9. The molecular weight excluding hydrogens is 386 g/mol. The van der Waals surface area contributed by atoms with Gasteiger partial charge in [-0.15, -0.1) is 11.3 Å². The number of nitrogens with zero attached hydrogens (tertiary/aromatic N) is 2. The van der Waals surface area contributed by atoms with E-state index in [4.69, 9.17) is 4.74 Å². The van der Waals surface area contributed by atoms with E-state index in [0.29, 0.717) is 28.2 Å². The van der Waals surface area contributed by atoms with Crippen molar-refractivity contribution < 1.29 is 9.53 Å². The molecule has 0 radical (unpaired) electrons. The summed E-state index contributed by atoms with van der Waals surface area (Å²) < 4.78 is 7.59. The van der Waals surface area contributed by atoms with Gasteiger partial charge in [-0.3, -0.25) is 14.2 Å². The van der Waals surface area contributed by atoms with E-state index in [2.05, 4.69) is 10.3 Å². The Labute approximate surface area is 173 Å². The van der Waals surface area contributed by atoms with Crippen LogP contribution in [0.2, 0.25) is 0 Å². The van der Waals surface area contributed by atoms with E-state index in [9.17, 15) is 9.59 Å². The van der Waals surface area contributed by atoms with Crippen LogP contribution in [0, 0.1) is 6.92 Å². The Morgan fingerprint density at radius 1 is 1.34 bits per heavy atom. The number of carbonyl (C=O) groups is 1. The first-order chi connectivity index (χ1) is 14.1. The molecule has 0 fully saturated rings. The summed E-state index contributed by atoms with van der Waals surface area (Å²) in [5, 5.41) is 3.53. The molecule has 1 unspecified atom stereocenters. The van der Waals surface area contributed by atoms with E-state index in [0.717, 1.165) is 42.8 Å². The third kappa shape index (κ3) is 3.97. The summed E-state index contributed by atoms with van der Waals surface area (Å²) in [5.41, 5.74) is 1.86. The molecule has 6 nitrogen and oxygen atoms in total. The topological polar surface area (TPSA) is 73.2 Å². The summed E-state index contributed by atoms with van der Waals surface area (Å²) in [4.78, 5) is 31.2. The molecule has 0 saturated heterocycles. The molecule has 1 aliphatic rings. The molecular formula is C22H25N3O3S. The molecule has 1 aromatic carbocycles. The van der Waals surface area contributed by atoms with Gasteiger partial charge in [-0.2, -0.15) is 0 Å². The molecule has 29 heavy (non-hydrogen) atoms. The zero-order valence-corrected chi connectivity index (χ0v) is 17.6. The summed E-state index contributed by atoms with van der Waals surface area (Å²) in [6.07, 6.45) is 2.53. The van der Waals surface area contributed by atoms with Gasteiger partial charge in [0.2, 0.25) is 0 Å². The standard InChI is InChI=1S/C22H25N3O3S/c1-14-18-21(24-17-10-6-12-25(17)22(18)27)29-19(14)20(26)23-11-7-13-28-15(2)16-8-4-3-5-9-16/h3-5,8-9,15H,6-7,10-13H2,1-2H3,(H,23,26). The molecule has 2 aromatic heterocycles. The maximum absolute atomic E-state index is 12.7. The van der Waals surface area contributed by atoms with E-state index >= 15 is 0 Å². The molecule has 0 aliphatic carbocycles. The number of nitrogens with one attached hydrogen (secondary N) is 1. The predicted octanol–water partition coefficient (Wildman–Crippen LogP) is 3.61. The number of rotatable bonds is 7. The lowest BCUT2D eigenvalue weighted by Gasteiger charge is -2.13. The third-order valence-electron chi connectivity index (χ3n) is 5.36. The molecule has 0 bridgehead atoms. The number of aryl methyl sites for hydroxylation is 2. The Kier molecular flexibility index (Phi) is 5.78. The maximum atomic E-state index is 12.7. The minimum absolute atomic E-state index is 0.0152. The van der Waals surface area contributed by atoms with Gasteiger partial charge in [0.25, 0.3) is 11.5 Å². The molecule has 0 saturated carbocycles. The number of fused-ring (bicyclic) bond motifs is 2. The van der Waals surface area contributed by atoms with Crippen molar-refractivity contribution in [2.45, 2.75) is 45.8 Å². The van der Waals surface area contributed by atoms with Gasteiger partial charge >= 0.3 is 0 Å². The fourth-order valence-corrected chi connectivity index (χ4v) is 4.83.